The van der Waals surface area contributed by atoms with Gasteiger partial charge in [-0.1, -0.05) is 37.6 Å². The van der Waals surface area contributed by atoms with Gasteiger partial charge in [-0.05, 0) is 30.2 Å². The molecule has 0 bridgehead atoms. The number of halogens is 1. The summed E-state index contributed by atoms with van der Waals surface area (Å²) >= 11 is 5.83. The molecule has 0 saturated carbocycles. The van der Waals surface area contributed by atoms with Gasteiger partial charge in [0.1, 0.15) is 0 Å². The molecule has 1 aromatic carbocycles. The van der Waals surface area contributed by atoms with Crippen LogP contribution in [0.15, 0.2) is 24.3 Å². The maximum Gasteiger partial charge on any atom is 0.303 e. The fraction of sp³-hybridized carbons (Fsp3) is 0.500. The molecular formula is C14H20ClNO2. The fourth-order valence-electron chi connectivity index (χ4n) is 2.15. The number of nitrogens with zero attached hydrogens (tertiary/aromatic N) is 1. The zero-order chi connectivity index (χ0) is 13.8. The number of rotatable bonds is 6. The summed E-state index contributed by atoms with van der Waals surface area (Å²) in [5.41, 5.74) is 0.945. The molecule has 1 N–H and O–H groups in total. The number of hydrogen-bond acceptors (Lipinski definition) is 2. The number of hydrogen-bond donors (Lipinski definition) is 1. The van der Waals surface area contributed by atoms with Gasteiger partial charge < -0.3 is 10.0 Å². The third-order valence-electron chi connectivity index (χ3n) is 2.69. The van der Waals surface area contributed by atoms with Crippen molar-refractivity contribution in [3.63, 3.8) is 0 Å². The lowest BCUT2D eigenvalue weighted by atomic mass is 9.89. The van der Waals surface area contributed by atoms with Crippen LogP contribution in [-0.2, 0) is 11.3 Å². The molecule has 18 heavy (non-hydrogen) atoms. The van der Waals surface area contributed by atoms with Crippen molar-refractivity contribution in [3.8, 4) is 0 Å². The lowest BCUT2D eigenvalue weighted by Gasteiger charge is -2.29. The van der Waals surface area contributed by atoms with Gasteiger partial charge in [-0.3, -0.25) is 4.79 Å². The predicted molar refractivity (Wildman–Crippen MR) is 73.8 cm³/mol. The Balaban J connectivity index is 2.53. The Morgan fingerprint density at radius 1 is 1.33 bits per heavy atom. The molecule has 0 heterocycles. The first-order valence-electron chi connectivity index (χ1n) is 5.93. The van der Waals surface area contributed by atoms with Gasteiger partial charge in [0, 0.05) is 18.1 Å². The SMILES string of the molecule is CN(Cc1ccc(Cl)cc1)CC(C)(C)CC(=O)O. The second kappa shape index (κ2) is 6.21. The van der Waals surface area contributed by atoms with E-state index in [1.807, 2.05) is 45.2 Å². The average molecular weight is 270 g/mol. The summed E-state index contributed by atoms with van der Waals surface area (Å²) in [7, 11) is 2.00. The molecule has 4 heteroatoms. The van der Waals surface area contributed by atoms with Crippen LogP contribution in [0, 0.1) is 5.41 Å². The Bertz CT molecular complexity index is 401. The first kappa shape index (κ1) is 15.0. The maximum absolute atomic E-state index is 10.8. The molecule has 0 radical (unpaired) electrons. The van der Waals surface area contributed by atoms with Crippen LogP contribution < -0.4 is 0 Å². The van der Waals surface area contributed by atoms with Gasteiger partial charge in [0.25, 0.3) is 0 Å². The van der Waals surface area contributed by atoms with Crippen LogP contribution in [0.3, 0.4) is 0 Å². The largest absolute Gasteiger partial charge is 0.481 e. The highest BCUT2D eigenvalue weighted by molar-refractivity contribution is 6.30. The Kier molecular flexibility index (Phi) is 5.17. The fourth-order valence-corrected chi connectivity index (χ4v) is 2.28. The van der Waals surface area contributed by atoms with Gasteiger partial charge in [0.2, 0.25) is 0 Å². The molecule has 0 aliphatic carbocycles. The number of benzene rings is 1. The minimum Gasteiger partial charge on any atom is -0.481 e. The number of carboxylic acid groups (broad SMARTS) is 1. The molecule has 0 fully saturated rings. The van der Waals surface area contributed by atoms with Crippen LogP contribution in [0.25, 0.3) is 0 Å². The molecule has 0 aliphatic rings. The third-order valence-corrected chi connectivity index (χ3v) is 2.95. The van der Waals surface area contributed by atoms with E-state index in [-0.39, 0.29) is 11.8 Å². The van der Waals surface area contributed by atoms with Crippen molar-refractivity contribution in [1.29, 1.82) is 0 Å². The minimum atomic E-state index is -0.750. The Labute approximate surface area is 113 Å². The van der Waals surface area contributed by atoms with Crippen LogP contribution in [0.5, 0.6) is 0 Å². The molecule has 1 rings (SSSR count). The third kappa shape index (κ3) is 5.52. The number of carboxylic acids is 1. The molecule has 3 nitrogen and oxygen atoms in total. The van der Waals surface area contributed by atoms with Gasteiger partial charge in [-0.2, -0.15) is 0 Å². The van der Waals surface area contributed by atoms with E-state index in [0.29, 0.717) is 0 Å². The Morgan fingerprint density at radius 2 is 1.89 bits per heavy atom. The summed E-state index contributed by atoms with van der Waals surface area (Å²) in [4.78, 5) is 12.9. The molecule has 0 amide bonds. The summed E-state index contributed by atoms with van der Waals surface area (Å²) in [5.74, 6) is -0.750. The monoisotopic (exact) mass is 269 g/mol. The number of aliphatic carboxylic acids is 1. The van der Waals surface area contributed by atoms with Crippen LogP contribution >= 0.6 is 11.6 Å². The number of carbonyl (C=O) groups is 1. The van der Waals surface area contributed by atoms with Crippen molar-refractivity contribution in [2.45, 2.75) is 26.8 Å². The van der Waals surface area contributed by atoms with Gasteiger partial charge in [-0.25, -0.2) is 0 Å². The molecule has 0 spiro atoms. The van der Waals surface area contributed by atoms with E-state index in [0.717, 1.165) is 18.1 Å². The second-order valence-electron chi connectivity index (χ2n) is 5.53. The van der Waals surface area contributed by atoms with Crippen LogP contribution in [-0.4, -0.2) is 29.6 Å². The van der Waals surface area contributed by atoms with Gasteiger partial charge in [0.15, 0.2) is 0 Å². The smallest absolute Gasteiger partial charge is 0.303 e. The van der Waals surface area contributed by atoms with Crippen molar-refractivity contribution < 1.29 is 9.90 Å². The van der Waals surface area contributed by atoms with Crippen LogP contribution in [0.1, 0.15) is 25.8 Å². The zero-order valence-electron chi connectivity index (χ0n) is 11.1. The van der Waals surface area contributed by atoms with Gasteiger partial charge in [-0.15, -0.1) is 0 Å². The van der Waals surface area contributed by atoms with Crippen LogP contribution in [0.2, 0.25) is 5.02 Å². The van der Waals surface area contributed by atoms with Crippen molar-refractivity contribution in [2.75, 3.05) is 13.6 Å². The lowest BCUT2D eigenvalue weighted by molar-refractivity contribution is -0.139. The quantitative estimate of drug-likeness (QED) is 0.862. The van der Waals surface area contributed by atoms with Crippen molar-refractivity contribution in [2.24, 2.45) is 5.41 Å². The summed E-state index contributed by atoms with van der Waals surface area (Å²) in [6.45, 7) is 5.47. The highest BCUT2D eigenvalue weighted by atomic mass is 35.5. The molecule has 100 valence electrons. The first-order chi connectivity index (χ1) is 8.28. The molecule has 0 saturated heterocycles. The van der Waals surface area contributed by atoms with E-state index in [1.54, 1.807) is 0 Å². The summed E-state index contributed by atoms with van der Waals surface area (Å²) in [6, 6.07) is 7.71. The summed E-state index contributed by atoms with van der Waals surface area (Å²) in [5, 5.41) is 9.58. The van der Waals surface area contributed by atoms with Crippen LogP contribution in [0.4, 0.5) is 0 Å². The molecule has 0 aromatic heterocycles. The average Bonchev–Trinajstić information content (AvgIpc) is 2.18. The van der Waals surface area contributed by atoms with Crippen molar-refractivity contribution in [1.82, 2.24) is 4.90 Å². The normalized spacial score (nSPS) is 11.8. The van der Waals surface area contributed by atoms with E-state index in [9.17, 15) is 4.79 Å². The Morgan fingerprint density at radius 3 is 2.39 bits per heavy atom. The standard InChI is InChI=1S/C14H20ClNO2/c1-14(2,8-13(17)18)10-16(3)9-11-4-6-12(15)7-5-11/h4-7H,8-10H2,1-3H3,(H,17,18). The summed E-state index contributed by atoms with van der Waals surface area (Å²) < 4.78 is 0. The van der Waals surface area contributed by atoms with E-state index in [2.05, 4.69) is 4.90 Å². The first-order valence-corrected chi connectivity index (χ1v) is 6.31. The van der Waals surface area contributed by atoms with Gasteiger partial charge >= 0.3 is 5.97 Å². The lowest BCUT2D eigenvalue weighted by Crippen LogP contribution is -2.32. The van der Waals surface area contributed by atoms with E-state index in [4.69, 9.17) is 16.7 Å². The van der Waals surface area contributed by atoms with Crippen molar-refractivity contribution >= 4 is 17.6 Å². The molecule has 0 atom stereocenters. The minimum absolute atomic E-state index is 0.179. The second-order valence-corrected chi connectivity index (χ2v) is 5.97. The highest BCUT2D eigenvalue weighted by Crippen LogP contribution is 2.22. The topological polar surface area (TPSA) is 40.5 Å². The van der Waals surface area contributed by atoms with Crippen molar-refractivity contribution in [3.05, 3.63) is 34.9 Å². The Hall–Kier alpha value is -1.06. The van der Waals surface area contributed by atoms with E-state index in [1.165, 1.54) is 5.56 Å². The predicted octanol–water partition coefficient (Wildman–Crippen LogP) is 3.27. The van der Waals surface area contributed by atoms with E-state index < -0.39 is 5.97 Å². The molecule has 0 aliphatic heterocycles. The molecule has 0 unspecified atom stereocenters. The zero-order valence-corrected chi connectivity index (χ0v) is 11.9. The van der Waals surface area contributed by atoms with Gasteiger partial charge in [0.05, 0.1) is 6.42 Å². The van der Waals surface area contributed by atoms with E-state index >= 15 is 0 Å². The highest BCUT2D eigenvalue weighted by Gasteiger charge is 2.23. The maximum atomic E-state index is 10.8. The molecule has 1 aromatic rings. The summed E-state index contributed by atoms with van der Waals surface area (Å²) in [6.07, 6.45) is 0.179. The molecular weight excluding hydrogens is 250 g/mol.